The monoisotopic (exact) mass is 488 g/mol. The molecule has 1 unspecified atom stereocenters. The van der Waals surface area contributed by atoms with Gasteiger partial charge in [-0.25, -0.2) is 9.07 Å². The molecule has 0 bridgehead atoms. The third-order valence-corrected chi connectivity index (χ3v) is 7.43. The number of nitrogens with zero attached hydrogens (tertiary/aromatic N) is 5. The van der Waals surface area contributed by atoms with Crippen LogP contribution in [0.2, 0.25) is 0 Å². The van der Waals surface area contributed by atoms with E-state index in [2.05, 4.69) is 51.4 Å². The number of aryl methyl sites for hydroxylation is 1. The number of H-pyrrole nitrogens is 1. The molecule has 0 radical (unpaired) electrons. The van der Waals surface area contributed by atoms with Gasteiger partial charge in [0.25, 0.3) is 5.56 Å². The van der Waals surface area contributed by atoms with Crippen molar-refractivity contribution in [3.8, 4) is 0 Å². The van der Waals surface area contributed by atoms with E-state index in [1.54, 1.807) is 12.1 Å². The van der Waals surface area contributed by atoms with Gasteiger partial charge >= 0.3 is 0 Å². The highest BCUT2D eigenvalue weighted by Crippen LogP contribution is 2.33. The van der Waals surface area contributed by atoms with E-state index in [-0.39, 0.29) is 17.4 Å². The number of hydrogen-bond acceptors (Lipinski definition) is 5. The van der Waals surface area contributed by atoms with Crippen LogP contribution in [0.4, 0.5) is 4.39 Å². The fourth-order valence-electron chi connectivity index (χ4n) is 5.46. The molecular formula is C28H33FN6O. The van der Waals surface area contributed by atoms with Crippen molar-refractivity contribution >= 4 is 10.9 Å². The average molecular weight is 489 g/mol. The first-order valence-corrected chi connectivity index (χ1v) is 13.0. The van der Waals surface area contributed by atoms with Crippen LogP contribution in [0.3, 0.4) is 0 Å². The van der Waals surface area contributed by atoms with Crippen LogP contribution in [0.25, 0.3) is 10.9 Å². The smallest absolute Gasteiger partial charge is 0.252 e. The molecule has 2 heterocycles. The molecule has 4 aromatic rings. The number of nitrogens with one attached hydrogen (secondary N) is 1. The van der Waals surface area contributed by atoms with Crippen molar-refractivity contribution in [3.05, 3.63) is 87.2 Å². The van der Waals surface area contributed by atoms with E-state index in [0.29, 0.717) is 19.1 Å². The first-order valence-electron chi connectivity index (χ1n) is 13.0. The second-order valence-electron chi connectivity index (χ2n) is 9.75. The van der Waals surface area contributed by atoms with E-state index in [1.807, 2.05) is 16.8 Å². The van der Waals surface area contributed by atoms with Crippen LogP contribution in [0, 0.1) is 5.82 Å². The lowest BCUT2D eigenvalue weighted by Crippen LogP contribution is -2.39. The summed E-state index contributed by atoms with van der Waals surface area (Å²) in [5.41, 5.74) is 3.77. The van der Waals surface area contributed by atoms with Crippen molar-refractivity contribution in [1.29, 1.82) is 0 Å². The summed E-state index contributed by atoms with van der Waals surface area (Å²) < 4.78 is 15.2. The summed E-state index contributed by atoms with van der Waals surface area (Å²) in [6, 6.07) is 15.0. The molecule has 0 aliphatic heterocycles. The van der Waals surface area contributed by atoms with E-state index < -0.39 is 0 Å². The van der Waals surface area contributed by atoms with Crippen molar-refractivity contribution in [2.24, 2.45) is 0 Å². The Kier molecular flexibility index (Phi) is 7.23. The predicted molar refractivity (Wildman–Crippen MR) is 138 cm³/mol. The van der Waals surface area contributed by atoms with Crippen molar-refractivity contribution < 1.29 is 4.39 Å². The first-order chi connectivity index (χ1) is 17.6. The zero-order chi connectivity index (χ0) is 25.1. The molecule has 1 saturated carbocycles. The molecule has 188 valence electrons. The molecule has 1 N–H and O–H groups in total. The summed E-state index contributed by atoms with van der Waals surface area (Å²) >= 11 is 0. The summed E-state index contributed by atoms with van der Waals surface area (Å²) in [4.78, 5) is 18.6. The SMILES string of the molecule is CCc1ccc2[nH]c(=O)c(CN(C3CCCC3)C(CC)c3nnnn3Cc3ccc(F)cc3)cc2c1. The summed E-state index contributed by atoms with van der Waals surface area (Å²) in [5, 5.41) is 13.7. The Balaban J connectivity index is 1.49. The lowest BCUT2D eigenvalue weighted by atomic mass is 10.0. The second-order valence-corrected chi connectivity index (χ2v) is 9.75. The maximum atomic E-state index is 13.4. The van der Waals surface area contributed by atoms with Crippen LogP contribution in [0.1, 0.15) is 74.5 Å². The molecule has 2 aromatic heterocycles. The number of tetrazole rings is 1. The lowest BCUT2D eigenvalue weighted by Gasteiger charge is -2.35. The van der Waals surface area contributed by atoms with Crippen molar-refractivity contribution in [3.63, 3.8) is 0 Å². The van der Waals surface area contributed by atoms with Crippen LogP contribution in [-0.4, -0.2) is 36.1 Å². The Hall–Kier alpha value is -3.39. The fraction of sp³-hybridized carbons (Fsp3) is 0.429. The number of fused-ring (bicyclic) bond motifs is 1. The molecule has 2 aromatic carbocycles. The van der Waals surface area contributed by atoms with E-state index in [9.17, 15) is 9.18 Å². The second kappa shape index (κ2) is 10.7. The normalized spacial score (nSPS) is 15.2. The van der Waals surface area contributed by atoms with Crippen molar-refractivity contribution in [2.45, 2.75) is 77.5 Å². The Bertz CT molecular complexity index is 1370. The topological polar surface area (TPSA) is 79.7 Å². The molecule has 0 saturated heterocycles. The maximum Gasteiger partial charge on any atom is 0.252 e. The van der Waals surface area contributed by atoms with E-state index in [1.165, 1.54) is 30.5 Å². The Morgan fingerprint density at radius 2 is 1.83 bits per heavy atom. The Labute approximate surface area is 210 Å². The molecular weight excluding hydrogens is 455 g/mol. The Morgan fingerprint density at radius 3 is 2.56 bits per heavy atom. The zero-order valence-corrected chi connectivity index (χ0v) is 21.0. The highest BCUT2D eigenvalue weighted by Gasteiger charge is 2.32. The maximum absolute atomic E-state index is 13.4. The number of aromatic nitrogens is 5. The molecule has 5 rings (SSSR count). The third kappa shape index (κ3) is 5.09. The van der Waals surface area contributed by atoms with Crippen LogP contribution < -0.4 is 5.56 Å². The standard InChI is InChI=1S/C28H33FN6O/c1-3-19-11-14-25-21(15-19)16-22(28(36)30-25)18-34(24-7-5-6-8-24)26(4-2)27-31-32-33-35(27)17-20-9-12-23(29)13-10-20/h9-16,24,26H,3-8,17-18H2,1-2H3,(H,30,36). The number of hydrogen-bond donors (Lipinski definition) is 1. The summed E-state index contributed by atoms with van der Waals surface area (Å²) in [7, 11) is 0. The third-order valence-electron chi connectivity index (χ3n) is 7.43. The van der Waals surface area contributed by atoms with Gasteiger partial charge in [0.1, 0.15) is 5.82 Å². The summed E-state index contributed by atoms with van der Waals surface area (Å²) in [6.45, 7) is 5.28. The zero-order valence-electron chi connectivity index (χ0n) is 21.0. The van der Waals surface area contributed by atoms with Gasteiger partial charge in [-0.05, 0) is 83.0 Å². The van der Waals surface area contributed by atoms with Crippen molar-refractivity contribution in [1.82, 2.24) is 30.1 Å². The van der Waals surface area contributed by atoms with Gasteiger partial charge in [-0.2, -0.15) is 0 Å². The number of aromatic amines is 1. The number of pyridine rings is 1. The molecule has 1 aliphatic rings. The van der Waals surface area contributed by atoms with Gasteiger partial charge < -0.3 is 4.98 Å². The number of rotatable bonds is 9. The van der Waals surface area contributed by atoms with Gasteiger partial charge in [0.15, 0.2) is 5.82 Å². The summed E-state index contributed by atoms with van der Waals surface area (Å²) in [5.74, 6) is 0.514. The van der Waals surface area contributed by atoms with Crippen molar-refractivity contribution in [2.75, 3.05) is 0 Å². The van der Waals surface area contributed by atoms with E-state index >= 15 is 0 Å². The minimum absolute atomic E-state index is 0.0411. The number of benzene rings is 2. The minimum Gasteiger partial charge on any atom is -0.322 e. The lowest BCUT2D eigenvalue weighted by molar-refractivity contribution is 0.112. The molecule has 0 spiro atoms. The van der Waals surface area contributed by atoms with E-state index in [0.717, 1.165) is 53.5 Å². The van der Waals surface area contributed by atoms with Gasteiger partial charge in [0.2, 0.25) is 0 Å². The average Bonchev–Trinajstić information content (AvgIpc) is 3.58. The Morgan fingerprint density at radius 1 is 1.08 bits per heavy atom. The first kappa shape index (κ1) is 24.3. The molecule has 1 atom stereocenters. The molecule has 1 aliphatic carbocycles. The summed E-state index contributed by atoms with van der Waals surface area (Å²) in [6.07, 6.45) is 6.33. The van der Waals surface area contributed by atoms with E-state index in [4.69, 9.17) is 0 Å². The van der Waals surface area contributed by atoms with Crippen LogP contribution >= 0.6 is 0 Å². The highest BCUT2D eigenvalue weighted by atomic mass is 19.1. The molecule has 7 nitrogen and oxygen atoms in total. The van der Waals surface area contributed by atoms with Crippen LogP contribution in [0.5, 0.6) is 0 Å². The predicted octanol–water partition coefficient (Wildman–Crippen LogP) is 5.16. The molecule has 0 amide bonds. The van der Waals surface area contributed by atoms with Gasteiger partial charge in [0.05, 0.1) is 12.6 Å². The fourth-order valence-corrected chi connectivity index (χ4v) is 5.46. The van der Waals surface area contributed by atoms with Gasteiger partial charge in [-0.3, -0.25) is 9.69 Å². The largest absolute Gasteiger partial charge is 0.322 e. The molecule has 8 heteroatoms. The molecule has 36 heavy (non-hydrogen) atoms. The quantitative estimate of drug-likeness (QED) is 0.352. The number of halogens is 1. The van der Waals surface area contributed by atoms with Crippen LogP contribution in [0.15, 0.2) is 53.3 Å². The minimum atomic E-state index is -0.263. The highest BCUT2D eigenvalue weighted by molar-refractivity contribution is 5.79. The van der Waals surface area contributed by atoms with Gasteiger partial charge in [0, 0.05) is 23.7 Å². The van der Waals surface area contributed by atoms with Gasteiger partial charge in [-0.15, -0.1) is 5.10 Å². The van der Waals surface area contributed by atoms with Gasteiger partial charge in [-0.1, -0.05) is 44.9 Å². The van der Waals surface area contributed by atoms with Crippen LogP contribution in [-0.2, 0) is 19.5 Å². The molecule has 1 fully saturated rings.